The van der Waals surface area contributed by atoms with E-state index >= 15 is 0 Å². The standard InChI is InChI=1S/C8H6BrN3O/c9-7-3-1-2-6(12-7)8(13)11-5-4-10/h1-3H,5H2,(H,11,13). The predicted molar refractivity (Wildman–Crippen MR) is 49.9 cm³/mol. The minimum Gasteiger partial charge on any atom is -0.338 e. The molecule has 1 aromatic rings. The summed E-state index contributed by atoms with van der Waals surface area (Å²) in [6.07, 6.45) is 0. The lowest BCUT2D eigenvalue weighted by Gasteiger charge is -1.99. The highest BCUT2D eigenvalue weighted by Gasteiger charge is 2.05. The molecule has 0 saturated carbocycles. The molecule has 5 heteroatoms. The quantitative estimate of drug-likeness (QED) is 0.621. The van der Waals surface area contributed by atoms with Gasteiger partial charge >= 0.3 is 0 Å². The van der Waals surface area contributed by atoms with Crippen molar-refractivity contribution in [1.29, 1.82) is 5.26 Å². The van der Waals surface area contributed by atoms with Crippen LogP contribution in [0.2, 0.25) is 0 Å². The molecule has 0 aliphatic rings. The maximum atomic E-state index is 11.2. The van der Waals surface area contributed by atoms with Gasteiger partial charge in [0.25, 0.3) is 5.91 Å². The number of pyridine rings is 1. The van der Waals surface area contributed by atoms with Crippen molar-refractivity contribution < 1.29 is 4.79 Å². The summed E-state index contributed by atoms with van der Waals surface area (Å²) in [6, 6.07) is 6.82. The van der Waals surface area contributed by atoms with Gasteiger partial charge in [-0.3, -0.25) is 4.79 Å². The largest absolute Gasteiger partial charge is 0.338 e. The van der Waals surface area contributed by atoms with Gasteiger partial charge in [-0.2, -0.15) is 5.26 Å². The molecule has 1 N–H and O–H groups in total. The summed E-state index contributed by atoms with van der Waals surface area (Å²) < 4.78 is 0.595. The molecule has 4 nitrogen and oxygen atoms in total. The van der Waals surface area contributed by atoms with Crippen LogP contribution in [0.3, 0.4) is 0 Å². The number of rotatable bonds is 2. The van der Waals surface area contributed by atoms with Gasteiger partial charge in [0.1, 0.15) is 16.8 Å². The Hall–Kier alpha value is -1.41. The van der Waals surface area contributed by atoms with Crippen LogP contribution in [0, 0.1) is 11.3 Å². The molecule has 66 valence electrons. The van der Waals surface area contributed by atoms with Gasteiger partial charge in [-0.1, -0.05) is 6.07 Å². The smallest absolute Gasteiger partial charge is 0.270 e. The maximum Gasteiger partial charge on any atom is 0.270 e. The molecule has 0 radical (unpaired) electrons. The first-order valence-electron chi connectivity index (χ1n) is 3.52. The summed E-state index contributed by atoms with van der Waals surface area (Å²) >= 11 is 3.14. The monoisotopic (exact) mass is 239 g/mol. The third-order valence-corrected chi connectivity index (χ3v) is 1.72. The van der Waals surface area contributed by atoms with E-state index in [4.69, 9.17) is 5.26 Å². The van der Waals surface area contributed by atoms with Gasteiger partial charge in [-0.15, -0.1) is 0 Å². The fraction of sp³-hybridized carbons (Fsp3) is 0.125. The van der Waals surface area contributed by atoms with Crippen LogP contribution in [0.15, 0.2) is 22.8 Å². The summed E-state index contributed by atoms with van der Waals surface area (Å²) in [6.45, 7) is -0.00692. The summed E-state index contributed by atoms with van der Waals surface area (Å²) in [5, 5.41) is 10.6. The number of hydrogen-bond acceptors (Lipinski definition) is 3. The molecule has 0 bridgehead atoms. The Morgan fingerprint density at radius 1 is 1.69 bits per heavy atom. The number of amides is 1. The summed E-state index contributed by atoms with van der Waals surface area (Å²) in [5.74, 6) is -0.345. The molecule has 0 aromatic carbocycles. The number of aromatic nitrogens is 1. The average molecular weight is 240 g/mol. The first-order chi connectivity index (χ1) is 6.24. The highest BCUT2D eigenvalue weighted by atomic mass is 79.9. The molecule has 1 rings (SSSR count). The maximum absolute atomic E-state index is 11.2. The minimum atomic E-state index is -0.345. The van der Waals surface area contributed by atoms with Crippen molar-refractivity contribution in [2.75, 3.05) is 6.54 Å². The third-order valence-electron chi connectivity index (χ3n) is 1.28. The zero-order chi connectivity index (χ0) is 9.68. The van der Waals surface area contributed by atoms with E-state index in [1.807, 2.05) is 6.07 Å². The SMILES string of the molecule is N#CCNC(=O)c1cccc(Br)n1. The van der Waals surface area contributed by atoms with Crippen molar-refractivity contribution >= 4 is 21.8 Å². The summed E-state index contributed by atoms with van der Waals surface area (Å²) in [5.41, 5.74) is 0.296. The van der Waals surface area contributed by atoms with Crippen LogP contribution in [-0.4, -0.2) is 17.4 Å². The second-order valence-corrected chi connectivity index (χ2v) is 3.00. The number of nitriles is 1. The van der Waals surface area contributed by atoms with Crippen molar-refractivity contribution in [1.82, 2.24) is 10.3 Å². The highest BCUT2D eigenvalue weighted by Crippen LogP contribution is 2.05. The van der Waals surface area contributed by atoms with E-state index in [0.29, 0.717) is 10.3 Å². The van der Waals surface area contributed by atoms with Crippen molar-refractivity contribution in [2.24, 2.45) is 0 Å². The second-order valence-electron chi connectivity index (χ2n) is 2.19. The zero-order valence-electron chi connectivity index (χ0n) is 6.62. The molecule has 1 amide bonds. The number of nitrogens with one attached hydrogen (secondary N) is 1. The van der Waals surface area contributed by atoms with E-state index < -0.39 is 0 Å². The number of halogens is 1. The van der Waals surface area contributed by atoms with Gasteiger partial charge in [-0.25, -0.2) is 4.98 Å². The number of nitrogens with zero attached hydrogens (tertiary/aromatic N) is 2. The number of carbonyl (C=O) groups is 1. The van der Waals surface area contributed by atoms with E-state index in [9.17, 15) is 4.79 Å². The van der Waals surface area contributed by atoms with Crippen molar-refractivity contribution in [3.8, 4) is 6.07 Å². The Morgan fingerprint density at radius 3 is 3.08 bits per heavy atom. The Balaban J connectivity index is 2.72. The van der Waals surface area contributed by atoms with Gasteiger partial charge in [0.2, 0.25) is 0 Å². The third kappa shape index (κ3) is 2.84. The molecule has 0 fully saturated rings. The molecule has 0 atom stereocenters. The Kier molecular flexibility index (Phi) is 3.41. The Morgan fingerprint density at radius 2 is 2.46 bits per heavy atom. The molecule has 0 aliphatic heterocycles. The van der Waals surface area contributed by atoms with Crippen LogP contribution in [0.4, 0.5) is 0 Å². The lowest BCUT2D eigenvalue weighted by molar-refractivity contribution is 0.0953. The van der Waals surface area contributed by atoms with Gasteiger partial charge < -0.3 is 5.32 Å². The van der Waals surface area contributed by atoms with E-state index in [2.05, 4.69) is 26.2 Å². The molecule has 0 spiro atoms. The predicted octanol–water partition coefficient (Wildman–Crippen LogP) is 1.10. The molecule has 0 saturated heterocycles. The van der Waals surface area contributed by atoms with Gasteiger partial charge in [0.15, 0.2) is 0 Å². The van der Waals surface area contributed by atoms with Crippen LogP contribution in [-0.2, 0) is 0 Å². The fourth-order valence-electron chi connectivity index (χ4n) is 0.745. The zero-order valence-corrected chi connectivity index (χ0v) is 8.21. The molecule has 1 aromatic heterocycles. The molecule has 0 unspecified atom stereocenters. The van der Waals surface area contributed by atoms with Gasteiger partial charge in [0.05, 0.1) is 6.07 Å². The number of carbonyl (C=O) groups excluding carboxylic acids is 1. The average Bonchev–Trinajstić information content (AvgIpc) is 2.14. The molecule has 0 aliphatic carbocycles. The first-order valence-corrected chi connectivity index (χ1v) is 4.31. The lowest BCUT2D eigenvalue weighted by atomic mass is 10.3. The van der Waals surface area contributed by atoms with Crippen molar-refractivity contribution in [3.63, 3.8) is 0 Å². The first kappa shape index (κ1) is 9.68. The van der Waals surface area contributed by atoms with Crippen LogP contribution >= 0.6 is 15.9 Å². The van der Waals surface area contributed by atoms with Crippen molar-refractivity contribution in [3.05, 3.63) is 28.5 Å². The van der Waals surface area contributed by atoms with E-state index in [-0.39, 0.29) is 12.5 Å². The molecular formula is C8H6BrN3O. The van der Waals surface area contributed by atoms with E-state index in [0.717, 1.165) is 0 Å². The number of hydrogen-bond donors (Lipinski definition) is 1. The fourth-order valence-corrected chi connectivity index (χ4v) is 1.09. The summed E-state index contributed by atoms with van der Waals surface area (Å²) in [7, 11) is 0. The Labute approximate surface area is 83.7 Å². The highest BCUT2D eigenvalue weighted by molar-refractivity contribution is 9.10. The second kappa shape index (κ2) is 4.58. The van der Waals surface area contributed by atoms with Crippen molar-refractivity contribution in [2.45, 2.75) is 0 Å². The van der Waals surface area contributed by atoms with Crippen LogP contribution < -0.4 is 5.32 Å². The minimum absolute atomic E-state index is 0.00692. The van der Waals surface area contributed by atoms with Crippen LogP contribution in [0.1, 0.15) is 10.5 Å². The van der Waals surface area contributed by atoms with E-state index in [1.165, 1.54) is 0 Å². The topological polar surface area (TPSA) is 65.8 Å². The summed E-state index contributed by atoms with van der Waals surface area (Å²) in [4.78, 5) is 15.1. The molecule has 13 heavy (non-hydrogen) atoms. The molecule has 1 heterocycles. The molecular weight excluding hydrogens is 234 g/mol. The van der Waals surface area contributed by atoms with Gasteiger partial charge in [0, 0.05) is 0 Å². The normalized spacial score (nSPS) is 8.92. The van der Waals surface area contributed by atoms with Gasteiger partial charge in [-0.05, 0) is 28.1 Å². The Bertz CT molecular complexity index is 359. The lowest BCUT2D eigenvalue weighted by Crippen LogP contribution is -2.24. The van der Waals surface area contributed by atoms with Crippen LogP contribution in [0.5, 0.6) is 0 Å². The van der Waals surface area contributed by atoms with Crippen LogP contribution in [0.25, 0.3) is 0 Å². The van der Waals surface area contributed by atoms with E-state index in [1.54, 1.807) is 18.2 Å².